The summed E-state index contributed by atoms with van der Waals surface area (Å²) in [5, 5.41) is 14.0. The van der Waals surface area contributed by atoms with E-state index >= 15 is 0 Å². The van der Waals surface area contributed by atoms with Crippen LogP contribution < -0.4 is 0 Å². The summed E-state index contributed by atoms with van der Waals surface area (Å²) in [5.41, 5.74) is 4.23. The lowest BCUT2D eigenvalue weighted by molar-refractivity contribution is 0.533. The van der Waals surface area contributed by atoms with E-state index in [0.29, 0.717) is 11.5 Å². The molecule has 5 aromatic rings. The summed E-state index contributed by atoms with van der Waals surface area (Å²) in [4.78, 5) is 9.52. The van der Waals surface area contributed by atoms with Gasteiger partial charge in [-0.25, -0.2) is 9.97 Å². The van der Waals surface area contributed by atoms with Gasteiger partial charge in [-0.1, -0.05) is 44.2 Å². The molecule has 0 saturated heterocycles. The molecule has 0 aliphatic carbocycles. The Kier molecular flexibility index (Phi) is 3.38. The van der Waals surface area contributed by atoms with Crippen molar-refractivity contribution < 1.29 is 0 Å². The molecule has 5 rings (SSSR count). The Morgan fingerprint density at radius 2 is 1.78 bits per heavy atom. The lowest BCUT2D eigenvalue weighted by Gasteiger charge is -2.10. The summed E-state index contributed by atoms with van der Waals surface area (Å²) in [7, 11) is 0. The van der Waals surface area contributed by atoms with Gasteiger partial charge in [0.15, 0.2) is 0 Å². The Hall–Kier alpha value is -3.45. The monoisotopic (exact) mass is 350 g/mol. The van der Waals surface area contributed by atoms with E-state index in [4.69, 9.17) is 4.98 Å². The first-order valence-electron chi connectivity index (χ1n) is 9.16. The molecule has 27 heavy (non-hydrogen) atoms. The van der Waals surface area contributed by atoms with Crippen molar-refractivity contribution in [1.82, 2.24) is 14.5 Å². The van der Waals surface area contributed by atoms with E-state index in [1.54, 1.807) is 0 Å². The fourth-order valence-corrected chi connectivity index (χ4v) is 3.98. The van der Waals surface area contributed by atoms with Crippen LogP contribution in [-0.4, -0.2) is 14.5 Å². The van der Waals surface area contributed by atoms with Crippen LogP contribution in [0.4, 0.5) is 0 Å². The van der Waals surface area contributed by atoms with Gasteiger partial charge < -0.3 is 4.57 Å². The van der Waals surface area contributed by atoms with E-state index in [9.17, 15) is 5.26 Å². The van der Waals surface area contributed by atoms with Crippen molar-refractivity contribution in [3.8, 4) is 6.07 Å². The molecule has 0 radical (unpaired) electrons. The van der Waals surface area contributed by atoms with Gasteiger partial charge in [-0.3, -0.25) is 0 Å². The van der Waals surface area contributed by atoms with Crippen LogP contribution in [0.15, 0.2) is 54.9 Å². The molecule has 0 amide bonds. The normalized spacial score (nSPS) is 11.8. The standard InChI is InChI=1S/C23H18N4/c1-14(2)12-27-13-25-23-20(27)10-9-19-22(23)17(11-24)21-16-6-4-3-5-15(16)7-8-18(21)26-19/h3-10,13-14H,12H2,1-2H3. The molecule has 2 heterocycles. The maximum absolute atomic E-state index is 10.1. The Morgan fingerprint density at radius 3 is 2.59 bits per heavy atom. The number of hydrogen-bond acceptors (Lipinski definition) is 3. The summed E-state index contributed by atoms with van der Waals surface area (Å²) < 4.78 is 2.16. The summed E-state index contributed by atoms with van der Waals surface area (Å²) >= 11 is 0. The highest BCUT2D eigenvalue weighted by atomic mass is 15.0. The molecule has 0 unspecified atom stereocenters. The Labute approximate surface area is 156 Å². The number of aromatic nitrogens is 3. The highest BCUT2D eigenvalue weighted by Crippen LogP contribution is 2.34. The van der Waals surface area contributed by atoms with E-state index in [1.165, 1.54) is 0 Å². The second-order valence-electron chi connectivity index (χ2n) is 7.40. The van der Waals surface area contributed by atoms with Crippen LogP contribution in [0.3, 0.4) is 0 Å². The number of pyridine rings is 1. The topological polar surface area (TPSA) is 54.5 Å². The summed E-state index contributed by atoms with van der Waals surface area (Å²) in [6.07, 6.45) is 1.87. The second kappa shape index (κ2) is 5.78. The van der Waals surface area contributed by atoms with E-state index in [-0.39, 0.29) is 0 Å². The minimum absolute atomic E-state index is 0.521. The number of imidazole rings is 1. The van der Waals surface area contributed by atoms with Crippen molar-refractivity contribution in [2.45, 2.75) is 20.4 Å². The first-order valence-corrected chi connectivity index (χ1v) is 9.16. The number of hydrogen-bond donors (Lipinski definition) is 0. The molecule has 4 heteroatoms. The molecule has 0 N–H and O–H groups in total. The third-order valence-electron chi connectivity index (χ3n) is 5.09. The van der Waals surface area contributed by atoms with Gasteiger partial charge in [-0.15, -0.1) is 0 Å². The molecular formula is C23H18N4. The fraction of sp³-hybridized carbons (Fsp3) is 0.174. The van der Waals surface area contributed by atoms with Crippen molar-refractivity contribution in [1.29, 1.82) is 5.26 Å². The molecule has 0 bridgehead atoms. The quantitative estimate of drug-likeness (QED) is 0.315. The lowest BCUT2D eigenvalue weighted by atomic mass is 9.97. The highest BCUT2D eigenvalue weighted by molar-refractivity contribution is 6.18. The maximum atomic E-state index is 10.1. The van der Waals surface area contributed by atoms with Crippen molar-refractivity contribution >= 4 is 43.6 Å². The summed E-state index contributed by atoms with van der Waals surface area (Å²) in [5.74, 6) is 0.521. The van der Waals surface area contributed by atoms with Gasteiger partial charge in [-0.2, -0.15) is 5.26 Å². The Morgan fingerprint density at radius 1 is 1.00 bits per heavy atom. The summed E-state index contributed by atoms with van der Waals surface area (Å²) in [6, 6.07) is 18.7. The molecule has 4 nitrogen and oxygen atoms in total. The van der Waals surface area contributed by atoms with E-state index in [0.717, 1.165) is 50.2 Å². The predicted molar refractivity (Wildman–Crippen MR) is 110 cm³/mol. The SMILES string of the molecule is CC(C)Cn1cnc2c3c(C#N)c4c(ccc5ccccc54)nc3ccc21. The van der Waals surface area contributed by atoms with Gasteiger partial charge in [0, 0.05) is 17.3 Å². The van der Waals surface area contributed by atoms with Gasteiger partial charge in [0.25, 0.3) is 0 Å². The molecule has 0 saturated carbocycles. The number of nitrogens with zero attached hydrogens (tertiary/aromatic N) is 4. The highest BCUT2D eigenvalue weighted by Gasteiger charge is 2.16. The van der Waals surface area contributed by atoms with E-state index in [2.05, 4.69) is 53.7 Å². The van der Waals surface area contributed by atoms with E-state index < -0.39 is 0 Å². The maximum Gasteiger partial charge on any atom is 0.101 e. The molecule has 0 spiro atoms. The number of nitriles is 1. The van der Waals surface area contributed by atoms with Gasteiger partial charge >= 0.3 is 0 Å². The number of fused-ring (bicyclic) bond motifs is 6. The average Bonchev–Trinajstić information content (AvgIpc) is 3.08. The first-order chi connectivity index (χ1) is 13.2. The molecule has 0 fully saturated rings. The minimum atomic E-state index is 0.521. The van der Waals surface area contributed by atoms with Crippen LogP contribution in [0, 0.1) is 17.2 Å². The summed E-state index contributed by atoms with van der Waals surface area (Å²) in [6.45, 7) is 5.28. The second-order valence-corrected chi connectivity index (χ2v) is 7.40. The molecule has 0 atom stereocenters. The van der Waals surface area contributed by atoms with Crippen molar-refractivity contribution in [2.24, 2.45) is 5.92 Å². The molecular weight excluding hydrogens is 332 g/mol. The minimum Gasteiger partial charge on any atom is -0.330 e. The Bertz CT molecular complexity index is 1390. The van der Waals surface area contributed by atoms with Gasteiger partial charge in [0.1, 0.15) is 6.07 Å². The number of benzene rings is 3. The van der Waals surface area contributed by atoms with Crippen LogP contribution >= 0.6 is 0 Å². The largest absolute Gasteiger partial charge is 0.330 e. The lowest BCUT2D eigenvalue weighted by Crippen LogP contribution is -2.02. The van der Waals surface area contributed by atoms with Crippen molar-refractivity contribution in [3.63, 3.8) is 0 Å². The average molecular weight is 350 g/mol. The zero-order chi connectivity index (χ0) is 18.5. The van der Waals surface area contributed by atoms with Gasteiger partial charge in [0.05, 0.1) is 34.0 Å². The molecule has 0 aliphatic heterocycles. The third-order valence-corrected chi connectivity index (χ3v) is 5.09. The molecule has 2 aromatic heterocycles. The van der Waals surface area contributed by atoms with Crippen LogP contribution in [0.5, 0.6) is 0 Å². The van der Waals surface area contributed by atoms with Crippen LogP contribution in [0.2, 0.25) is 0 Å². The van der Waals surface area contributed by atoms with Crippen LogP contribution in [0.25, 0.3) is 43.6 Å². The van der Waals surface area contributed by atoms with Crippen molar-refractivity contribution in [3.05, 3.63) is 60.4 Å². The zero-order valence-electron chi connectivity index (χ0n) is 15.3. The van der Waals surface area contributed by atoms with Crippen LogP contribution in [-0.2, 0) is 6.54 Å². The van der Waals surface area contributed by atoms with Gasteiger partial charge in [-0.05, 0) is 34.9 Å². The smallest absolute Gasteiger partial charge is 0.101 e. The fourth-order valence-electron chi connectivity index (χ4n) is 3.98. The number of rotatable bonds is 2. The van der Waals surface area contributed by atoms with E-state index in [1.807, 2.05) is 30.6 Å². The zero-order valence-corrected chi connectivity index (χ0v) is 15.3. The van der Waals surface area contributed by atoms with Gasteiger partial charge in [0.2, 0.25) is 0 Å². The predicted octanol–water partition coefficient (Wildman–Crippen LogP) is 5.42. The third kappa shape index (κ3) is 2.29. The molecule has 3 aromatic carbocycles. The van der Waals surface area contributed by atoms with Crippen molar-refractivity contribution in [2.75, 3.05) is 0 Å². The molecule has 130 valence electrons. The Balaban J connectivity index is 1.98. The molecule has 0 aliphatic rings. The first kappa shape index (κ1) is 15.8. The van der Waals surface area contributed by atoms with Crippen LogP contribution in [0.1, 0.15) is 19.4 Å².